The van der Waals surface area contributed by atoms with E-state index >= 15 is 0 Å². The molecule has 1 amide bonds. The van der Waals surface area contributed by atoms with E-state index in [4.69, 9.17) is 4.98 Å². The largest absolute Gasteiger partial charge is 0.348 e. The minimum absolute atomic E-state index is 0.113. The minimum Gasteiger partial charge on any atom is -0.348 e. The molecule has 1 aliphatic rings. The normalized spacial score (nSPS) is 13.7. The number of anilines is 2. The molecule has 1 fully saturated rings. The standard InChI is InChI=1S/C27H25N3OS/c31-26(23-11-9-21(10-12-23)20-7-3-1-4-8-20)28-24-15-13-22(14-16-24)25-19-32-27(29-25)30-17-5-2-6-18-30/h1,3-4,7-16,19H,2,5-6,17-18H2,(H,28,31). The predicted octanol–water partition coefficient (Wildman–Crippen LogP) is 6.72. The van der Waals surface area contributed by atoms with Crippen LogP contribution in [0.5, 0.6) is 0 Å². The molecular formula is C27H25N3OS. The Morgan fingerprint density at radius 1 is 0.781 bits per heavy atom. The van der Waals surface area contributed by atoms with Crippen molar-refractivity contribution in [2.75, 3.05) is 23.3 Å². The van der Waals surface area contributed by atoms with Crippen LogP contribution in [0.3, 0.4) is 0 Å². The number of amides is 1. The van der Waals surface area contributed by atoms with E-state index in [1.54, 1.807) is 11.3 Å². The summed E-state index contributed by atoms with van der Waals surface area (Å²) in [7, 11) is 0. The van der Waals surface area contributed by atoms with E-state index in [0.29, 0.717) is 5.56 Å². The molecule has 4 nitrogen and oxygen atoms in total. The van der Waals surface area contributed by atoms with Gasteiger partial charge in [0, 0.05) is 35.3 Å². The molecule has 0 saturated carbocycles. The quantitative estimate of drug-likeness (QED) is 0.375. The Balaban J connectivity index is 1.24. The third kappa shape index (κ3) is 4.58. The van der Waals surface area contributed by atoms with Crippen molar-refractivity contribution in [2.24, 2.45) is 0 Å². The van der Waals surface area contributed by atoms with Crippen LogP contribution in [0, 0.1) is 0 Å². The molecule has 2 heterocycles. The number of nitrogens with one attached hydrogen (secondary N) is 1. The van der Waals surface area contributed by atoms with Crippen LogP contribution in [-0.2, 0) is 0 Å². The van der Waals surface area contributed by atoms with Gasteiger partial charge in [-0.05, 0) is 54.7 Å². The molecular weight excluding hydrogens is 414 g/mol. The number of benzene rings is 3. The van der Waals surface area contributed by atoms with Gasteiger partial charge in [-0.15, -0.1) is 11.3 Å². The van der Waals surface area contributed by atoms with Crippen molar-refractivity contribution in [1.29, 1.82) is 0 Å². The van der Waals surface area contributed by atoms with Gasteiger partial charge < -0.3 is 10.2 Å². The molecule has 0 radical (unpaired) electrons. The van der Waals surface area contributed by atoms with Gasteiger partial charge in [0.2, 0.25) is 0 Å². The van der Waals surface area contributed by atoms with Gasteiger partial charge in [-0.25, -0.2) is 4.98 Å². The summed E-state index contributed by atoms with van der Waals surface area (Å²) in [5.41, 5.74) is 5.70. The molecule has 0 bridgehead atoms. The lowest BCUT2D eigenvalue weighted by atomic mass is 10.0. The van der Waals surface area contributed by atoms with E-state index in [2.05, 4.69) is 27.7 Å². The van der Waals surface area contributed by atoms with Crippen molar-refractivity contribution in [2.45, 2.75) is 19.3 Å². The number of hydrogen-bond acceptors (Lipinski definition) is 4. The molecule has 1 aromatic heterocycles. The second-order valence-electron chi connectivity index (χ2n) is 8.04. The van der Waals surface area contributed by atoms with Crippen LogP contribution >= 0.6 is 11.3 Å². The van der Waals surface area contributed by atoms with E-state index in [1.807, 2.05) is 66.7 Å². The van der Waals surface area contributed by atoms with Crippen LogP contribution in [0.25, 0.3) is 22.4 Å². The van der Waals surface area contributed by atoms with Gasteiger partial charge >= 0.3 is 0 Å². The highest BCUT2D eigenvalue weighted by molar-refractivity contribution is 7.14. The van der Waals surface area contributed by atoms with Gasteiger partial charge in [-0.3, -0.25) is 4.79 Å². The van der Waals surface area contributed by atoms with Crippen molar-refractivity contribution < 1.29 is 4.79 Å². The van der Waals surface area contributed by atoms with E-state index < -0.39 is 0 Å². The Kier molecular flexibility index (Phi) is 5.99. The van der Waals surface area contributed by atoms with Crippen molar-refractivity contribution in [1.82, 2.24) is 4.98 Å². The first-order valence-corrected chi connectivity index (χ1v) is 11.9. The van der Waals surface area contributed by atoms with Crippen LogP contribution in [-0.4, -0.2) is 24.0 Å². The van der Waals surface area contributed by atoms with Gasteiger partial charge in [0.05, 0.1) is 5.69 Å². The van der Waals surface area contributed by atoms with E-state index in [9.17, 15) is 4.79 Å². The highest BCUT2D eigenvalue weighted by Gasteiger charge is 2.15. The van der Waals surface area contributed by atoms with E-state index in [1.165, 1.54) is 19.3 Å². The molecule has 0 unspecified atom stereocenters. The summed E-state index contributed by atoms with van der Waals surface area (Å²) in [5, 5.41) is 6.21. The number of aromatic nitrogens is 1. The first kappa shape index (κ1) is 20.5. The zero-order valence-electron chi connectivity index (χ0n) is 17.8. The number of carbonyl (C=O) groups excluding carboxylic acids is 1. The monoisotopic (exact) mass is 439 g/mol. The van der Waals surface area contributed by atoms with Gasteiger partial charge in [0.25, 0.3) is 5.91 Å². The lowest BCUT2D eigenvalue weighted by Crippen LogP contribution is -2.29. The summed E-state index contributed by atoms with van der Waals surface area (Å²) in [6, 6.07) is 25.8. The molecule has 0 atom stereocenters. The van der Waals surface area contributed by atoms with Gasteiger partial charge in [0.15, 0.2) is 5.13 Å². The number of nitrogens with zero attached hydrogens (tertiary/aromatic N) is 2. The highest BCUT2D eigenvalue weighted by atomic mass is 32.1. The number of hydrogen-bond donors (Lipinski definition) is 1. The lowest BCUT2D eigenvalue weighted by molar-refractivity contribution is 0.102. The molecule has 1 N–H and O–H groups in total. The van der Waals surface area contributed by atoms with Crippen molar-refractivity contribution in [3.05, 3.63) is 89.8 Å². The summed E-state index contributed by atoms with van der Waals surface area (Å²) in [4.78, 5) is 19.9. The fourth-order valence-corrected chi connectivity index (χ4v) is 4.89. The number of rotatable bonds is 5. The number of thiazole rings is 1. The zero-order chi connectivity index (χ0) is 21.8. The molecule has 160 valence electrons. The topological polar surface area (TPSA) is 45.2 Å². The number of piperidine rings is 1. The summed E-state index contributed by atoms with van der Waals surface area (Å²) < 4.78 is 0. The Bertz CT molecular complexity index is 1180. The minimum atomic E-state index is -0.113. The van der Waals surface area contributed by atoms with Crippen LogP contribution < -0.4 is 10.2 Å². The second-order valence-corrected chi connectivity index (χ2v) is 8.87. The summed E-state index contributed by atoms with van der Waals surface area (Å²) in [6.45, 7) is 2.20. The zero-order valence-corrected chi connectivity index (χ0v) is 18.6. The van der Waals surface area contributed by atoms with E-state index in [-0.39, 0.29) is 5.91 Å². The molecule has 5 heteroatoms. The molecule has 32 heavy (non-hydrogen) atoms. The molecule has 1 aliphatic heterocycles. The van der Waals surface area contributed by atoms with Gasteiger partial charge in [-0.1, -0.05) is 54.6 Å². The third-order valence-corrected chi connectivity index (χ3v) is 6.71. The van der Waals surface area contributed by atoms with Crippen LogP contribution in [0.15, 0.2) is 84.2 Å². The van der Waals surface area contributed by atoms with E-state index in [0.717, 1.165) is 46.3 Å². The SMILES string of the molecule is O=C(Nc1ccc(-c2csc(N3CCCCC3)n2)cc1)c1ccc(-c2ccccc2)cc1. The van der Waals surface area contributed by atoms with Crippen LogP contribution in [0.4, 0.5) is 10.8 Å². The van der Waals surface area contributed by atoms with Crippen LogP contribution in [0.2, 0.25) is 0 Å². The average Bonchev–Trinajstić information content (AvgIpc) is 3.36. The van der Waals surface area contributed by atoms with Crippen molar-refractivity contribution >= 4 is 28.1 Å². The van der Waals surface area contributed by atoms with Gasteiger partial charge in [-0.2, -0.15) is 0 Å². The molecule has 3 aromatic carbocycles. The molecule has 0 spiro atoms. The predicted molar refractivity (Wildman–Crippen MR) is 133 cm³/mol. The summed E-state index contributed by atoms with van der Waals surface area (Å²) in [5.74, 6) is -0.113. The fourth-order valence-electron chi connectivity index (χ4n) is 4.00. The second kappa shape index (κ2) is 9.37. The smallest absolute Gasteiger partial charge is 0.255 e. The number of carbonyl (C=O) groups is 1. The molecule has 0 aliphatic carbocycles. The lowest BCUT2D eigenvalue weighted by Gasteiger charge is -2.25. The van der Waals surface area contributed by atoms with Gasteiger partial charge in [0.1, 0.15) is 0 Å². The summed E-state index contributed by atoms with van der Waals surface area (Å²) >= 11 is 1.71. The Morgan fingerprint density at radius 2 is 1.44 bits per heavy atom. The maximum Gasteiger partial charge on any atom is 0.255 e. The Hall–Kier alpha value is -3.44. The van der Waals surface area contributed by atoms with Crippen molar-refractivity contribution in [3.63, 3.8) is 0 Å². The Morgan fingerprint density at radius 3 is 2.16 bits per heavy atom. The van der Waals surface area contributed by atoms with Crippen molar-refractivity contribution in [3.8, 4) is 22.4 Å². The summed E-state index contributed by atoms with van der Waals surface area (Å²) in [6.07, 6.45) is 3.82. The first-order valence-electron chi connectivity index (χ1n) is 11.0. The first-order chi connectivity index (χ1) is 15.8. The molecule has 4 aromatic rings. The highest BCUT2D eigenvalue weighted by Crippen LogP contribution is 2.30. The maximum absolute atomic E-state index is 12.7. The molecule has 5 rings (SSSR count). The third-order valence-electron chi connectivity index (χ3n) is 5.81. The maximum atomic E-state index is 12.7. The fraction of sp³-hybridized carbons (Fsp3) is 0.185. The Labute approximate surface area is 192 Å². The van der Waals surface area contributed by atoms with Crippen LogP contribution in [0.1, 0.15) is 29.6 Å². The molecule has 1 saturated heterocycles. The average molecular weight is 440 g/mol.